The van der Waals surface area contributed by atoms with E-state index in [2.05, 4.69) is 5.92 Å². The van der Waals surface area contributed by atoms with E-state index < -0.39 is 18.2 Å². The number of ether oxygens (including phenoxy) is 1. The molecule has 0 unspecified atom stereocenters. The van der Waals surface area contributed by atoms with Gasteiger partial charge in [0.1, 0.15) is 0 Å². The molecule has 0 aliphatic rings. The molecule has 0 fully saturated rings. The molecule has 0 saturated carbocycles. The molecule has 0 aliphatic heterocycles. The van der Waals surface area contributed by atoms with Crippen LogP contribution in [0.25, 0.3) is 0 Å². The first-order valence-corrected chi connectivity index (χ1v) is 4.02. The predicted octanol–water partition coefficient (Wildman–Crippen LogP) is -0.315. The van der Waals surface area contributed by atoms with Crippen molar-refractivity contribution in [3.63, 3.8) is 0 Å². The normalized spacial score (nSPS) is 14.3. The van der Waals surface area contributed by atoms with Gasteiger partial charge < -0.3 is 14.9 Å². The van der Waals surface area contributed by atoms with E-state index in [1.165, 1.54) is 6.92 Å². The molecule has 4 heteroatoms. The third-order valence-electron chi connectivity index (χ3n) is 1.47. The van der Waals surface area contributed by atoms with Crippen LogP contribution in [-0.2, 0) is 9.53 Å². The Kier molecular flexibility index (Phi) is 5.94. The van der Waals surface area contributed by atoms with Gasteiger partial charge in [-0.3, -0.25) is 4.79 Å². The lowest BCUT2D eigenvalue weighted by Gasteiger charge is -2.12. The summed E-state index contributed by atoms with van der Waals surface area (Å²) in [6, 6.07) is 0. The van der Waals surface area contributed by atoms with E-state index in [1.54, 1.807) is 0 Å². The van der Waals surface area contributed by atoms with Gasteiger partial charge in [-0.15, -0.1) is 6.42 Å². The highest BCUT2D eigenvalue weighted by molar-refractivity contribution is 5.66. The zero-order valence-electron chi connectivity index (χ0n) is 7.56. The number of carbonyl (C=O) groups excluding carboxylic acids is 1. The quantitative estimate of drug-likeness (QED) is 0.456. The summed E-state index contributed by atoms with van der Waals surface area (Å²) >= 11 is 0. The van der Waals surface area contributed by atoms with E-state index in [-0.39, 0.29) is 6.61 Å². The number of carbonyl (C=O) groups is 1. The lowest BCUT2D eigenvalue weighted by Crippen LogP contribution is -2.19. The zero-order valence-corrected chi connectivity index (χ0v) is 7.56. The van der Waals surface area contributed by atoms with Crippen LogP contribution in [0.1, 0.15) is 19.8 Å². The van der Waals surface area contributed by atoms with E-state index in [1.807, 2.05) is 0 Å². The maximum Gasteiger partial charge on any atom is 0.303 e. The van der Waals surface area contributed by atoms with Crippen molar-refractivity contribution in [3.8, 4) is 12.3 Å². The summed E-state index contributed by atoms with van der Waals surface area (Å²) in [6.07, 6.45) is 4.34. The largest absolute Gasteiger partial charge is 0.449 e. The second kappa shape index (κ2) is 6.46. The van der Waals surface area contributed by atoms with Crippen molar-refractivity contribution in [1.29, 1.82) is 0 Å². The van der Waals surface area contributed by atoms with Gasteiger partial charge in [0.2, 0.25) is 0 Å². The molecule has 0 aromatic carbocycles. The fourth-order valence-electron chi connectivity index (χ4n) is 0.812. The molecule has 2 N–H and O–H groups in total. The molecule has 13 heavy (non-hydrogen) atoms. The van der Waals surface area contributed by atoms with Crippen LogP contribution in [0, 0.1) is 12.3 Å². The Labute approximate surface area is 77.5 Å². The number of rotatable bonds is 5. The van der Waals surface area contributed by atoms with Crippen LogP contribution in [0.2, 0.25) is 0 Å². The Hall–Kier alpha value is -1.05. The monoisotopic (exact) mass is 186 g/mol. The molecule has 0 rings (SSSR count). The van der Waals surface area contributed by atoms with Gasteiger partial charge in [0.15, 0.2) is 6.10 Å². The first kappa shape index (κ1) is 11.9. The average molecular weight is 186 g/mol. The van der Waals surface area contributed by atoms with Gasteiger partial charge in [0.05, 0.1) is 12.7 Å². The Morgan fingerprint density at radius 2 is 2.23 bits per heavy atom. The molecule has 0 radical (unpaired) electrons. The van der Waals surface area contributed by atoms with Gasteiger partial charge in [0.25, 0.3) is 0 Å². The summed E-state index contributed by atoms with van der Waals surface area (Å²) in [6.45, 7) is 0.962. The third-order valence-corrected chi connectivity index (χ3v) is 1.47. The molecule has 0 heterocycles. The van der Waals surface area contributed by atoms with Crippen molar-refractivity contribution >= 4 is 5.97 Å². The molecule has 0 saturated heterocycles. The van der Waals surface area contributed by atoms with Gasteiger partial charge >= 0.3 is 5.97 Å². The Bertz CT molecular complexity index is 194. The van der Waals surface area contributed by atoms with Crippen LogP contribution in [0.15, 0.2) is 0 Å². The molecule has 0 aliphatic carbocycles. The van der Waals surface area contributed by atoms with Crippen LogP contribution in [0.5, 0.6) is 0 Å². The highest BCUT2D eigenvalue weighted by atomic mass is 16.5. The van der Waals surface area contributed by atoms with E-state index in [4.69, 9.17) is 21.4 Å². The molecule has 0 aromatic rings. The number of aliphatic hydroxyl groups excluding tert-OH is 2. The molecule has 0 aromatic heterocycles. The predicted molar refractivity (Wildman–Crippen MR) is 46.7 cm³/mol. The topological polar surface area (TPSA) is 66.8 Å². The molecular weight excluding hydrogens is 172 g/mol. The van der Waals surface area contributed by atoms with Crippen LogP contribution in [-0.4, -0.2) is 35.0 Å². The van der Waals surface area contributed by atoms with E-state index in [0.29, 0.717) is 12.8 Å². The third kappa shape index (κ3) is 6.14. The van der Waals surface area contributed by atoms with Crippen molar-refractivity contribution in [2.45, 2.75) is 32.0 Å². The van der Waals surface area contributed by atoms with Crippen LogP contribution in [0.4, 0.5) is 0 Å². The second-order valence-electron chi connectivity index (χ2n) is 2.68. The molecule has 0 spiro atoms. The van der Waals surface area contributed by atoms with Gasteiger partial charge in [-0.2, -0.15) is 0 Å². The smallest absolute Gasteiger partial charge is 0.303 e. The summed E-state index contributed by atoms with van der Waals surface area (Å²) in [5.41, 5.74) is 0. The lowest BCUT2D eigenvalue weighted by molar-refractivity contribution is -0.144. The number of terminal acetylenes is 1. The maximum atomic E-state index is 10.5. The Morgan fingerprint density at radius 3 is 2.62 bits per heavy atom. The number of aliphatic hydroxyl groups is 2. The lowest BCUT2D eigenvalue weighted by atomic mass is 10.1. The van der Waals surface area contributed by atoms with Crippen molar-refractivity contribution in [2.75, 3.05) is 6.61 Å². The van der Waals surface area contributed by atoms with Gasteiger partial charge in [-0.1, -0.05) is 5.92 Å². The van der Waals surface area contributed by atoms with Gasteiger partial charge in [-0.25, -0.2) is 0 Å². The Balaban J connectivity index is 3.74. The van der Waals surface area contributed by atoms with Crippen molar-refractivity contribution in [3.05, 3.63) is 0 Å². The zero-order chi connectivity index (χ0) is 10.3. The van der Waals surface area contributed by atoms with Crippen molar-refractivity contribution in [1.82, 2.24) is 0 Å². The molecule has 2 atom stereocenters. The second-order valence-corrected chi connectivity index (χ2v) is 2.68. The highest BCUT2D eigenvalue weighted by Gasteiger charge is 2.10. The van der Waals surface area contributed by atoms with Gasteiger partial charge in [0, 0.05) is 6.92 Å². The van der Waals surface area contributed by atoms with E-state index in [9.17, 15) is 4.79 Å². The molecule has 74 valence electrons. The first-order chi connectivity index (χ1) is 6.10. The Morgan fingerprint density at radius 1 is 1.62 bits per heavy atom. The minimum absolute atomic E-state index is 0.308. The van der Waals surface area contributed by atoms with Crippen LogP contribution in [0.3, 0.4) is 0 Å². The number of hydrogen-bond donors (Lipinski definition) is 2. The van der Waals surface area contributed by atoms with Crippen molar-refractivity contribution < 1.29 is 19.7 Å². The summed E-state index contributed by atoms with van der Waals surface area (Å²) in [4.78, 5) is 10.5. The molecule has 0 amide bonds. The van der Waals surface area contributed by atoms with E-state index in [0.717, 1.165) is 0 Å². The van der Waals surface area contributed by atoms with Gasteiger partial charge in [-0.05, 0) is 12.8 Å². The first-order valence-electron chi connectivity index (χ1n) is 4.02. The summed E-state index contributed by atoms with van der Waals surface area (Å²) in [5.74, 6) is 1.83. The molecule has 0 bridgehead atoms. The number of esters is 1. The fraction of sp³-hybridized carbons (Fsp3) is 0.667. The minimum atomic E-state index is -0.800. The minimum Gasteiger partial charge on any atom is -0.449 e. The standard InChI is InChI=1S/C9H14O4/c1-3-9(13-7(2)11)5-4-8(12)6-10/h1,8-10,12H,4-6H2,2H3/t8-,9+/m1/s1. The SMILES string of the molecule is C#C[C@@H](CC[C@@H](O)CO)OC(C)=O. The van der Waals surface area contributed by atoms with E-state index >= 15 is 0 Å². The average Bonchev–Trinajstić information content (AvgIpc) is 2.10. The summed E-state index contributed by atoms with van der Waals surface area (Å²) in [5, 5.41) is 17.5. The maximum absolute atomic E-state index is 10.5. The molecule has 4 nitrogen and oxygen atoms in total. The fourth-order valence-corrected chi connectivity index (χ4v) is 0.812. The highest BCUT2D eigenvalue weighted by Crippen LogP contribution is 2.04. The van der Waals surface area contributed by atoms with Crippen LogP contribution < -0.4 is 0 Å². The molecular formula is C9H14O4. The summed E-state index contributed by atoms with van der Waals surface area (Å²) in [7, 11) is 0. The van der Waals surface area contributed by atoms with Crippen LogP contribution >= 0.6 is 0 Å². The number of hydrogen-bond acceptors (Lipinski definition) is 4. The summed E-state index contributed by atoms with van der Waals surface area (Å²) < 4.78 is 4.73. The van der Waals surface area contributed by atoms with Crippen molar-refractivity contribution in [2.24, 2.45) is 0 Å².